The summed E-state index contributed by atoms with van der Waals surface area (Å²) in [6.45, 7) is 0.179. The van der Waals surface area contributed by atoms with Crippen molar-refractivity contribution in [1.29, 1.82) is 0 Å². The van der Waals surface area contributed by atoms with Crippen molar-refractivity contribution in [2.75, 3.05) is 6.61 Å². The molecule has 0 atom stereocenters. The number of aromatic hydroxyl groups is 1. The van der Waals surface area contributed by atoms with E-state index >= 15 is 0 Å². The van der Waals surface area contributed by atoms with Crippen molar-refractivity contribution >= 4 is 5.97 Å². The second kappa shape index (κ2) is 7.61. The second-order valence-electron chi connectivity index (χ2n) is 5.25. The minimum atomic E-state index is -1.13. The molecule has 0 spiro atoms. The fourth-order valence-electron chi connectivity index (χ4n) is 2.51. The van der Waals surface area contributed by atoms with E-state index < -0.39 is 5.97 Å². The number of carboxylic acids is 1. The predicted octanol–water partition coefficient (Wildman–Crippen LogP) is 2.80. The lowest BCUT2D eigenvalue weighted by Crippen LogP contribution is -2.00. The van der Waals surface area contributed by atoms with E-state index in [4.69, 9.17) is 10.2 Å². The van der Waals surface area contributed by atoms with Crippen LogP contribution in [0.2, 0.25) is 0 Å². The van der Waals surface area contributed by atoms with Crippen LogP contribution in [0.1, 0.15) is 33.5 Å². The van der Waals surface area contributed by atoms with Gasteiger partial charge in [0.2, 0.25) is 0 Å². The molecule has 2 rings (SSSR count). The number of phenols is 1. The SMILES string of the molecule is O=C(O)c1ccc(CCc2ccccc2CCCO)cc1O. The minimum absolute atomic E-state index is 0.0768. The molecule has 0 heterocycles. The predicted molar refractivity (Wildman–Crippen MR) is 84.3 cm³/mol. The highest BCUT2D eigenvalue weighted by Crippen LogP contribution is 2.21. The Morgan fingerprint density at radius 1 is 0.955 bits per heavy atom. The number of carboxylic acid groups (broad SMARTS) is 1. The van der Waals surface area contributed by atoms with Gasteiger partial charge in [0, 0.05) is 6.61 Å². The van der Waals surface area contributed by atoms with Crippen LogP contribution in [0.4, 0.5) is 0 Å². The topological polar surface area (TPSA) is 77.8 Å². The maximum Gasteiger partial charge on any atom is 0.339 e. The molecule has 116 valence electrons. The Bertz CT molecular complexity index is 649. The van der Waals surface area contributed by atoms with Crippen LogP contribution in [-0.4, -0.2) is 27.9 Å². The summed E-state index contributed by atoms with van der Waals surface area (Å²) >= 11 is 0. The van der Waals surface area contributed by atoms with Crippen molar-refractivity contribution in [3.63, 3.8) is 0 Å². The summed E-state index contributed by atoms with van der Waals surface area (Å²) < 4.78 is 0. The molecule has 22 heavy (non-hydrogen) atoms. The number of hydrogen-bond donors (Lipinski definition) is 3. The van der Waals surface area contributed by atoms with E-state index in [0.29, 0.717) is 0 Å². The van der Waals surface area contributed by atoms with Gasteiger partial charge in [-0.25, -0.2) is 4.79 Å². The zero-order chi connectivity index (χ0) is 15.9. The van der Waals surface area contributed by atoms with Gasteiger partial charge in [0.05, 0.1) is 0 Å². The first-order valence-electron chi connectivity index (χ1n) is 7.34. The number of carbonyl (C=O) groups is 1. The highest BCUT2D eigenvalue weighted by molar-refractivity contribution is 5.90. The number of hydrogen-bond acceptors (Lipinski definition) is 3. The van der Waals surface area contributed by atoms with Crippen LogP contribution in [0.15, 0.2) is 42.5 Å². The van der Waals surface area contributed by atoms with E-state index in [1.807, 2.05) is 12.1 Å². The van der Waals surface area contributed by atoms with Crippen LogP contribution in [0.3, 0.4) is 0 Å². The van der Waals surface area contributed by atoms with Gasteiger partial charge in [-0.3, -0.25) is 0 Å². The first kappa shape index (κ1) is 16.0. The largest absolute Gasteiger partial charge is 0.507 e. The summed E-state index contributed by atoms with van der Waals surface area (Å²) in [5, 5.41) is 27.6. The smallest absolute Gasteiger partial charge is 0.339 e. The fraction of sp³-hybridized carbons (Fsp3) is 0.278. The molecule has 0 saturated heterocycles. The Morgan fingerprint density at radius 2 is 1.64 bits per heavy atom. The van der Waals surface area contributed by atoms with Crippen molar-refractivity contribution in [2.45, 2.75) is 25.7 Å². The summed E-state index contributed by atoms with van der Waals surface area (Å²) in [5.41, 5.74) is 3.27. The van der Waals surface area contributed by atoms with Gasteiger partial charge in [-0.05, 0) is 54.5 Å². The Labute approximate surface area is 129 Å². The lowest BCUT2D eigenvalue weighted by atomic mass is 9.96. The number of rotatable bonds is 7. The summed E-state index contributed by atoms with van der Waals surface area (Å²) in [6.07, 6.45) is 3.12. The Hall–Kier alpha value is -2.33. The van der Waals surface area contributed by atoms with E-state index in [0.717, 1.165) is 31.2 Å². The lowest BCUT2D eigenvalue weighted by Gasteiger charge is -2.10. The van der Waals surface area contributed by atoms with Crippen LogP contribution >= 0.6 is 0 Å². The zero-order valence-electron chi connectivity index (χ0n) is 12.3. The number of aryl methyl sites for hydroxylation is 3. The van der Waals surface area contributed by atoms with E-state index in [1.165, 1.54) is 23.3 Å². The van der Waals surface area contributed by atoms with Crippen molar-refractivity contribution in [2.24, 2.45) is 0 Å². The van der Waals surface area contributed by atoms with Gasteiger partial charge in [-0.1, -0.05) is 30.3 Å². The molecular weight excluding hydrogens is 280 g/mol. The quantitative estimate of drug-likeness (QED) is 0.735. The minimum Gasteiger partial charge on any atom is -0.507 e. The maximum absolute atomic E-state index is 10.9. The van der Waals surface area contributed by atoms with Gasteiger partial charge >= 0.3 is 5.97 Å². The van der Waals surface area contributed by atoms with Crippen molar-refractivity contribution in [3.8, 4) is 5.75 Å². The average molecular weight is 300 g/mol. The van der Waals surface area contributed by atoms with Gasteiger partial charge in [-0.15, -0.1) is 0 Å². The van der Waals surface area contributed by atoms with Crippen LogP contribution in [0.5, 0.6) is 5.75 Å². The van der Waals surface area contributed by atoms with E-state index in [9.17, 15) is 9.90 Å². The zero-order valence-corrected chi connectivity index (χ0v) is 12.3. The monoisotopic (exact) mass is 300 g/mol. The molecule has 2 aromatic carbocycles. The molecule has 0 radical (unpaired) electrons. The van der Waals surface area contributed by atoms with Gasteiger partial charge < -0.3 is 15.3 Å². The average Bonchev–Trinajstić information content (AvgIpc) is 2.51. The standard InChI is InChI=1S/C18H20O4/c19-11-3-6-14-4-1-2-5-15(14)9-7-13-8-10-16(18(21)22)17(20)12-13/h1-2,4-5,8,10,12,19-20H,3,6-7,9,11H2,(H,21,22). The molecule has 4 nitrogen and oxygen atoms in total. The third kappa shape index (κ3) is 4.09. The third-order valence-corrected chi connectivity index (χ3v) is 3.70. The van der Waals surface area contributed by atoms with Crippen LogP contribution in [0, 0.1) is 0 Å². The maximum atomic E-state index is 10.9. The normalized spacial score (nSPS) is 10.6. The van der Waals surface area contributed by atoms with Crippen molar-refractivity contribution < 1.29 is 20.1 Å². The van der Waals surface area contributed by atoms with Crippen LogP contribution < -0.4 is 0 Å². The number of aliphatic hydroxyl groups is 1. The number of aliphatic hydroxyl groups excluding tert-OH is 1. The molecule has 0 aliphatic rings. The van der Waals surface area contributed by atoms with Gasteiger partial charge in [0.1, 0.15) is 11.3 Å². The molecule has 0 unspecified atom stereocenters. The van der Waals surface area contributed by atoms with E-state index in [1.54, 1.807) is 6.07 Å². The van der Waals surface area contributed by atoms with E-state index in [2.05, 4.69) is 12.1 Å². The van der Waals surface area contributed by atoms with Gasteiger partial charge in [-0.2, -0.15) is 0 Å². The van der Waals surface area contributed by atoms with Gasteiger partial charge in [0.25, 0.3) is 0 Å². The van der Waals surface area contributed by atoms with Crippen LogP contribution in [-0.2, 0) is 19.3 Å². The summed E-state index contributed by atoms with van der Waals surface area (Å²) in [4.78, 5) is 10.9. The molecule has 0 fully saturated rings. The molecule has 3 N–H and O–H groups in total. The molecule has 0 aromatic heterocycles. The first-order chi connectivity index (χ1) is 10.6. The molecule has 0 amide bonds. The van der Waals surface area contributed by atoms with Gasteiger partial charge in [0.15, 0.2) is 0 Å². The highest BCUT2D eigenvalue weighted by Gasteiger charge is 2.10. The van der Waals surface area contributed by atoms with Crippen LogP contribution in [0.25, 0.3) is 0 Å². The molecule has 4 heteroatoms. The summed E-state index contributed by atoms with van der Waals surface area (Å²) in [7, 11) is 0. The summed E-state index contributed by atoms with van der Waals surface area (Å²) in [6, 6.07) is 12.8. The molecular formula is C18H20O4. The Kier molecular flexibility index (Phi) is 5.55. The second-order valence-corrected chi connectivity index (χ2v) is 5.25. The molecule has 0 aliphatic carbocycles. The molecule has 0 bridgehead atoms. The Morgan fingerprint density at radius 3 is 2.23 bits per heavy atom. The molecule has 2 aromatic rings. The van der Waals surface area contributed by atoms with Crippen molar-refractivity contribution in [1.82, 2.24) is 0 Å². The first-order valence-corrected chi connectivity index (χ1v) is 7.34. The van der Waals surface area contributed by atoms with E-state index in [-0.39, 0.29) is 17.9 Å². The number of aromatic carboxylic acids is 1. The fourth-order valence-corrected chi connectivity index (χ4v) is 2.51. The summed E-state index contributed by atoms with van der Waals surface area (Å²) in [5.74, 6) is -1.32. The molecule has 0 aliphatic heterocycles. The lowest BCUT2D eigenvalue weighted by molar-refractivity contribution is 0.0693. The highest BCUT2D eigenvalue weighted by atomic mass is 16.4. The van der Waals surface area contributed by atoms with Crippen molar-refractivity contribution in [3.05, 3.63) is 64.7 Å². The Balaban J connectivity index is 2.07. The third-order valence-electron chi connectivity index (χ3n) is 3.70. The number of benzene rings is 2. The molecule has 0 saturated carbocycles.